The number of ether oxygens (including phenoxy) is 2. The number of anilines is 2. The number of methoxy groups -OCH3 is 2. The van der Waals surface area contributed by atoms with Crippen molar-refractivity contribution in [2.45, 2.75) is 12.5 Å². The molecule has 1 heterocycles. The molecule has 30 heavy (non-hydrogen) atoms. The van der Waals surface area contributed by atoms with Crippen molar-refractivity contribution in [3.05, 3.63) is 78.4 Å². The molecule has 3 aromatic rings. The molecule has 0 unspecified atom stereocenters. The quantitative estimate of drug-likeness (QED) is 0.641. The van der Waals surface area contributed by atoms with Crippen LogP contribution in [0.25, 0.3) is 11.1 Å². The predicted molar refractivity (Wildman–Crippen MR) is 120 cm³/mol. The first-order valence-electron chi connectivity index (χ1n) is 10.1. The number of hydrogen-bond donors (Lipinski definition) is 1. The summed E-state index contributed by atoms with van der Waals surface area (Å²) in [7, 11) is 3.41. The summed E-state index contributed by atoms with van der Waals surface area (Å²) in [4.78, 5) is 14.9. The fraction of sp³-hybridized carbons (Fsp3) is 0.240. The lowest BCUT2D eigenvalue weighted by Gasteiger charge is -2.18. The van der Waals surface area contributed by atoms with Gasteiger partial charge in [-0.15, -0.1) is 0 Å². The summed E-state index contributed by atoms with van der Waals surface area (Å²) in [6, 6.07) is 23.4. The van der Waals surface area contributed by atoms with Crippen LogP contribution in [0.15, 0.2) is 72.8 Å². The van der Waals surface area contributed by atoms with E-state index in [1.165, 1.54) is 0 Å². The molecule has 3 aromatic carbocycles. The smallest absolute Gasteiger partial charge is 0.255 e. The minimum absolute atomic E-state index is 0.124. The standard InChI is InChI=1S/C25H26N2O3/c1-29-23-5-3-4-20(16-23)18-6-8-19(9-7-18)25(28)26-21-10-12-22(13-11-21)27-15-14-24(17-27)30-2/h3-13,16,24H,14-15,17H2,1-2H3,(H,26,28)/t24-/m1/s1. The Balaban J connectivity index is 1.40. The highest BCUT2D eigenvalue weighted by atomic mass is 16.5. The van der Waals surface area contributed by atoms with Gasteiger partial charge in [0.2, 0.25) is 0 Å². The van der Waals surface area contributed by atoms with Crippen molar-refractivity contribution in [2.75, 3.05) is 37.5 Å². The van der Waals surface area contributed by atoms with Crippen LogP contribution in [0.1, 0.15) is 16.8 Å². The molecule has 0 aliphatic carbocycles. The van der Waals surface area contributed by atoms with E-state index in [2.05, 4.69) is 10.2 Å². The van der Waals surface area contributed by atoms with Crippen molar-refractivity contribution in [1.82, 2.24) is 0 Å². The predicted octanol–water partition coefficient (Wildman–Crippen LogP) is 4.84. The van der Waals surface area contributed by atoms with Crippen LogP contribution in [-0.4, -0.2) is 39.3 Å². The summed E-state index contributed by atoms with van der Waals surface area (Å²) in [5.74, 6) is 0.685. The Hall–Kier alpha value is -3.31. The molecule has 0 radical (unpaired) electrons. The molecular formula is C25H26N2O3. The minimum Gasteiger partial charge on any atom is -0.497 e. The number of benzene rings is 3. The molecule has 0 spiro atoms. The highest BCUT2D eigenvalue weighted by Crippen LogP contribution is 2.25. The van der Waals surface area contributed by atoms with Gasteiger partial charge in [0.25, 0.3) is 5.91 Å². The van der Waals surface area contributed by atoms with Crippen LogP contribution in [0.4, 0.5) is 11.4 Å². The Morgan fingerprint density at radius 2 is 1.73 bits per heavy atom. The Bertz CT molecular complexity index is 1000. The van der Waals surface area contributed by atoms with Gasteiger partial charge < -0.3 is 19.7 Å². The molecular weight excluding hydrogens is 376 g/mol. The second kappa shape index (κ2) is 9.01. The molecule has 0 aromatic heterocycles. The van der Waals surface area contributed by atoms with Gasteiger partial charge in [0.1, 0.15) is 5.75 Å². The second-order valence-corrected chi connectivity index (χ2v) is 7.40. The van der Waals surface area contributed by atoms with E-state index in [4.69, 9.17) is 9.47 Å². The van der Waals surface area contributed by atoms with Gasteiger partial charge in [0.15, 0.2) is 0 Å². The lowest BCUT2D eigenvalue weighted by Crippen LogP contribution is -2.22. The zero-order valence-electron chi connectivity index (χ0n) is 17.3. The Kier molecular flexibility index (Phi) is 6.00. The summed E-state index contributed by atoms with van der Waals surface area (Å²) in [5, 5.41) is 2.97. The van der Waals surface area contributed by atoms with Crippen LogP contribution in [0, 0.1) is 0 Å². The third-order valence-electron chi connectivity index (χ3n) is 5.52. The van der Waals surface area contributed by atoms with Crippen LogP contribution in [0.2, 0.25) is 0 Å². The normalized spacial score (nSPS) is 15.8. The van der Waals surface area contributed by atoms with Gasteiger partial charge in [0.05, 0.1) is 13.2 Å². The maximum atomic E-state index is 12.6. The van der Waals surface area contributed by atoms with E-state index in [0.717, 1.165) is 47.8 Å². The molecule has 4 rings (SSSR count). The van der Waals surface area contributed by atoms with E-state index in [-0.39, 0.29) is 5.91 Å². The summed E-state index contributed by atoms with van der Waals surface area (Å²) in [6.07, 6.45) is 1.34. The fourth-order valence-corrected chi connectivity index (χ4v) is 3.73. The van der Waals surface area contributed by atoms with Crippen LogP contribution >= 0.6 is 0 Å². The van der Waals surface area contributed by atoms with Gasteiger partial charge in [-0.05, 0) is 66.1 Å². The molecule has 0 saturated carbocycles. The van der Waals surface area contributed by atoms with E-state index >= 15 is 0 Å². The van der Waals surface area contributed by atoms with Crippen LogP contribution in [0.5, 0.6) is 5.75 Å². The fourth-order valence-electron chi connectivity index (χ4n) is 3.73. The molecule has 1 aliphatic rings. The van der Waals surface area contributed by atoms with E-state index in [1.807, 2.05) is 72.8 Å². The highest BCUT2D eigenvalue weighted by molar-refractivity contribution is 6.04. The number of nitrogens with one attached hydrogen (secondary N) is 1. The van der Waals surface area contributed by atoms with Crippen molar-refractivity contribution >= 4 is 17.3 Å². The van der Waals surface area contributed by atoms with Gasteiger partial charge in [-0.25, -0.2) is 0 Å². The van der Waals surface area contributed by atoms with Crippen LogP contribution in [-0.2, 0) is 4.74 Å². The van der Waals surface area contributed by atoms with E-state index < -0.39 is 0 Å². The third-order valence-corrected chi connectivity index (χ3v) is 5.52. The molecule has 1 amide bonds. The zero-order chi connectivity index (χ0) is 20.9. The Morgan fingerprint density at radius 1 is 0.967 bits per heavy atom. The molecule has 1 aliphatic heterocycles. The van der Waals surface area contributed by atoms with Gasteiger partial charge >= 0.3 is 0 Å². The average Bonchev–Trinajstić information content (AvgIpc) is 3.29. The number of amides is 1. The molecule has 5 heteroatoms. The van der Waals surface area contributed by atoms with E-state index in [9.17, 15) is 4.79 Å². The topological polar surface area (TPSA) is 50.8 Å². The van der Waals surface area contributed by atoms with Crippen LogP contribution < -0.4 is 15.0 Å². The van der Waals surface area contributed by atoms with Crippen molar-refractivity contribution in [1.29, 1.82) is 0 Å². The van der Waals surface area contributed by atoms with E-state index in [1.54, 1.807) is 14.2 Å². The van der Waals surface area contributed by atoms with Crippen LogP contribution in [0.3, 0.4) is 0 Å². The van der Waals surface area contributed by atoms with E-state index in [0.29, 0.717) is 11.7 Å². The molecule has 0 bridgehead atoms. The van der Waals surface area contributed by atoms with Gasteiger partial charge in [0, 0.05) is 37.1 Å². The highest BCUT2D eigenvalue weighted by Gasteiger charge is 2.22. The Labute approximate surface area is 177 Å². The van der Waals surface area contributed by atoms with Gasteiger partial charge in [-0.2, -0.15) is 0 Å². The first-order chi connectivity index (χ1) is 14.7. The van der Waals surface area contributed by atoms with Crippen molar-refractivity contribution in [3.8, 4) is 16.9 Å². The summed E-state index contributed by atoms with van der Waals surface area (Å²) in [5.41, 5.74) is 4.64. The maximum Gasteiger partial charge on any atom is 0.255 e. The minimum atomic E-state index is -0.124. The maximum absolute atomic E-state index is 12.6. The molecule has 1 atom stereocenters. The van der Waals surface area contributed by atoms with Crippen molar-refractivity contribution in [3.63, 3.8) is 0 Å². The molecule has 5 nitrogen and oxygen atoms in total. The number of hydrogen-bond acceptors (Lipinski definition) is 4. The molecule has 1 saturated heterocycles. The first kappa shape index (κ1) is 20.0. The number of rotatable bonds is 6. The summed E-state index contributed by atoms with van der Waals surface area (Å²) < 4.78 is 10.7. The number of nitrogens with zero attached hydrogens (tertiary/aromatic N) is 1. The lowest BCUT2D eigenvalue weighted by atomic mass is 10.0. The second-order valence-electron chi connectivity index (χ2n) is 7.40. The van der Waals surface area contributed by atoms with Crippen molar-refractivity contribution in [2.24, 2.45) is 0 Å². The summed E-state index contributed by atoms with van der Waals surface area (Å²) >= 11 is 0. The molecule has 1 fully saturated rings. The average molecular weight is 402 g/mol. The summed E-state index contributed by atoms with van der Waals surface area (Å²) in [6.45, 7) is 1.89. The number of carbonyl (C=O) groups is 1. The lowest BCUT2D eigenvalue weighted by molar-refractivity contribution is 0.102. The van der Waals surface area contributed by atoms with Crippen molar-refractivity contribution < 1.29 is 14.3 Å². The first-order valence-corrected chi connectivity index (χ1v) is 10.1. The van der Waals surface area contributed by atoms with Gasteiger partial charge in [-0.3, -0.25) is 4.79 Å². The molecule has 154 valence electrons. The SMILES string of the molecule is COc1cccc(-c2ccc(C(=O)Nc3ccc(N4CC[C@@H](OC)C4)cc3)cc2)c1. The monoisotopic (exact) mass is 402 g/mol. The zero-order valence-corrected chi connectivity index (χ0v) is 17.3. The molecule has 1 N–H and O–H groups in total. The Morgan fingerprint density at radius 3 is 2.40 bits per heavy atom. The van der Waals surface area contributed by atoms with Gasteiger partial charge in [-0.1, -0.05) is 24.3 Å². The number of carbonyl (C=O) groups excluding carboxylic acids is 1. The largest absolute Gasteiger partial charge is 0.497 e. The third kappa shape index (κ3) is 4.47.